The lowest BCUT2D eigenvalue weighted by molar-refractivity contribution is 0.325. The highest BCUT2D eigenvalue weighted by atomic mass is 16.5. The van der Waals surface area contributed by atoms with E-state index in [0.717, 1.165) is 25.5 Å². The van der Waals surface area contributed by atoms with Crippen LogP contribution in [0.25, 0.3) is 0 Å². The van der Waals surface area contributed by atoms with Crippen LogP contribution in [0.3, 0.4) is 0 Å². The fourth-order valence-corrected chi connectivity index (χ4v) is 2.38. The number of aryl methyl sites for hydroxylation is 1. The van der Waals surface area contributed by atoms with Gasteiger partial charge in [-0.05, 0) is 6.92 Å². The molecule has 0 atom stereocenters. The number of hydrogen-bond acceptors (Lipinski definition) is 7. The molecule has 0 saturated carbocycles. The molecule has 0 aromatic carbocycles. The molecule has 1 saturated heterocycles. The van der Waals surface area contributed by atoms with Gasteiger partial charge in [0.25, 0.3) is 0 Å². The molecule has 112 valence electrons. The van der Waals surface area contributed by atoms with Gasteiger partial charge in [0.2, 0.25) is 5.95 Å². The Balaban J connectivity index is 1.64. The molecule has 1 fully saturated rings. The molecule has 21 heavy (non-hydrogen) atoms. The van der Waals surface area contributed by atoms with Gasteiger partial charge in [-0.2, -0.15) is 9.97 Å². The fraction of sp³-hybridized carbons (Fsp3) is 0.538. The van der Waals surface area contributed by atoms with Crippen LogP contribution >= 0.6 is 0 Å². The average Bonchev–Trinajstić information content (AvgIpc) is 2.87. The van der Waals surface area contributed by atoms with Crippen LogP contribution in [0.15, 0.2) is 12.4 Å². The van der Waals surface area contributed by atoms with E-state index in [4.69, 9.17) is 9.47 Å². The van der Waals surface area contributed by atoms with Gasteiger partial charge in [-0.15, -0.1) is 4.98 Å². The fourth-order valence-electron chi connectivity index (χ4n) is 2.38. The van der Waals surface area contributed by atoms with E-state index >= 15 is 0 Å². The highest BCUT2D eigenvalue weighted by Crippen LogP contribution is 2.25. The summed E-state index contributed by atoms with van der Waals surface area (Å²) < 4.78 is 12.3. The van der Waals surface area contributed by atoms with Crippen molar-refractivity contribution in [1.29, 1.82) is 0 Å². The Morgan fingerprint density at radius 1 is 1.14 bits per heavy atom. The molecule has 0 amide bonds. The SMILES string of the molecule is COc1nc(OC)nc(N2CC(Cn3ccnc3C)C2)n1. The van der Waals surface area contributed by atoms with Crippen LogP contribution in [0, 0.1) is 12.8 Å². The zero-order valence-corrected chi connectivity index (χ0v) is 12.4. The van der Waals surface area contributed by atoms with E-state index in [-0.39, 0.29) is 12.0 Å². The molecule has 2 aromatic rings. The van der Waals surface area contributed by atoms with Gasteiger partial charge in [0.1, 0.15) is 5.82 Å². The normalized spacial score (nSPS) is 14.9. The molecule has 8 nitrogen and oxygen atoms in total. The smallest absolute Gasteiger partial charge is 0.324 e. The molecule has 0 unspecified atom stereocenters. The van der Waals surface area contributed by atoms with Crippen molar-refractivity contribution in [1.82, 2.24) is 24.5 Å². The van der Waals surface area contributed by atoms with Crippen molar-refractivity contribution < 1.29 is 9.47 Å². The molecule has 3 heterocycles. The van der Waals surface area contributed by atoms with E-state index < -0.39 is 0 Å². The van der Waals surface area contributed by atoms with Gasteiger partial charge in [0.15, 0.2) is 0 Å². The monoisotopic (exact) mass is 290 g/mol. The minimum Gasteiger partial charge on any atom is -0.467 e. The van der Waals surface area contributed by atoms with Crippen LogP contribution < -0.4 is 14.4 Å². The minimum absolute atomic E-state index is 0.269. The summed E-state index contributed by atoms with van der Waals surface area (Å²) >= 11 is 0. The maximum Gasteiger partial charge on any atom is 0.324 e. The number of rotatable bonds is 5. The van der Waals surface area contributed by atoms with Gasteiger partial charge in [-0.3, -0.25) is 0 Å². The summed E-state index contributed by atoms with van der Waals surface area (Å²) in [7, 11) is 3.05. The van der Waals surface area contributed by atoms with E-state index in [1.165, 1.54) is 14.2 Å². The van der Waals surface area contributed by atoms with E-state index in [0.29, 0.717) is 11.9 Å². The standard InChI is InChI=1S/C13H18N6O2/c1-9-14-4-5-18(9)6-10-7-19(8-10)11-15-12(20-2)17-13(16-11)21-3/h4-5,10H,6-8H2,1-3H3. The van der Waals surface area contributed by atoms with Crippen LogP contribution in [-0.2, 0) is 6.54 Å². The summed E-state index contributed by atoms with van der Waals surface area (Å²) in [6.07, 6.45) is 3.83. The molecular weight excluding hydrogens is 272 g/mol. The van der Waals surface area contributed by atoms with Crippen LogP contribution in [0.1, 0.15) is 5.82 Å². The second-order valence-electron chi connectivity index (χ2n) is 5.01. The Labute approximate surface area is 122 Å². The van der Waals surface area contributed by atoms with Gasteiger partial charge in [-0.25, -0.2) is 4.98 Å². The lowest BCUT2D eigenvalue weighted by atomic mass is 10.0. The zero-order valence-electron chi connectivity index (χ0n) is 12.4. The van der Waals surface area contributed by atoms with Crippen molar-refractivity contribution in [2.45, 2.75) is 13.5 Å². The first-order chi connectivity index (χ1) is 10.2. The number of ether oxygens (including phenoxy) is 2. The van der Waals surface area contributed by atoms with Crippen LogP contribution in [-0.4, -0.2) is 51.8 Å². The molecule has 8 heteroatoms. The predicted octanol–water partition coefficient (Wildman–Crippen LogP) is 0.530. The van der Waals surface area contributed by atoms with Gasteiger partial charge in [0.05, 0.1) is 14.2 Å². The molecule has 0 N–H and O–H groups in total. The highest BCUT2D eigenvalue weighted by Gasteiger charge is 2.30. The molecule has 0 aliphatic carbocycles. The first kappa shape index (κ1) is 13.6. The first-order valence-electron chi connectivity index (χ1n) is 6.76. The average molecular weight is 290 g/mol. The topological polar surface area (TPSA) is 78.2 Å². The lowest BCUT2D eigenvalue weighted by Crippen LogP contribution is -2.49. The lowest BCUT2D eigenvalue weighted by Gasteiger charge is -2.39. The third-order valence-electron chi connectivity index (χ3n) is 3.57. The summed E-state index contributed by atoms with van der Waals surface area (Å²) in [6, 6.07) is 0.538. The minimum atomic E-state index is 0.269. The highest BCUT2D eigenvalue weighted by molar-refractivity contribution is 5.36. The van der Waals surface area contributed by atoms with Gasteiger partial charge in [0, 0.05) is 37.9 Å². The summed E-state index contributed by atoms with van der Waals surface area (Å²) in [5.41, 5.74) is 0. The van der Waals surface area contributed by atoms with Gasteiger partial charge >= 0.3 is 12.0 Å². The summed E-state index contributed by atoms with van der Waals surface area (Å²) in [4.78, 5) is 18.8. The van der Waals surface area contributed by atoms with E-state index in [2.05, 4.69) is 29.4 Å². The molecule has 3 rings (SSSR count). The van der Waals surface area contributed by atoms with E-state index in [9.17, 15) is 0 Å². The molecule has 1 aliphatic rings. The Hall–Kier alpha value is -2.38. The van der Waals surface area contributed by atoms with Crippen molar-refractivity contribution in [2.75, 3.05) is 32.2 Å². The summed E-state index contributed by atoms with van der Waals surface area (Å²) in [5.74, 6) is 2.20. The molecule has 0 bridgehead atoms. The number of anilines is 1. The third kappa shape index (κ3) is 2.74. The Morgan fingerprint density at radius 3 is 2.33 bits per heavy atom. The molecular formula is C13H18N6O2. The molecule has 1 aliphatic heterocycles. The molecule has 2 aromatic heterocycles. The van der Waals surface area contributed by atoms with E-state index in [1.807, 2.05) is 19.3 Å². The van der Waals surface area contributed by atoms with Crippen molar-refractivity contribution in [3.05, 3.63) is 18.2 Å². The van der Waals surface area contributed by atoms with Crippen molar-refractivity contribution >= 4 is 5.95 Å². The third-order valence-corrected chi connectivity index (χ3v) is 3.57. The van der Waals surface area contributed by atoms with Crippen molar-refractivity contribution in [2.24, 2.45) is 5.92 Å². The molecule has 0 spiro atoms. The predicted molar refractivity (Wildman–Crippen MR) is 75.6 cm³/mol. The van der Waals surface area contributed by atoms with Crippen LogP contribution in [0.4, 0.5) is 5.95 Å². The van der Waals surface area contributed by atoms with Crippen molar-refractivity contribution in [3.8, 4) is 12.0 Å². The number of methoxy groups -OCH3 is 2. The Bertz CT molecular complexity index is 601. The van der Waals surface area contributed by atoms with Gasteiger partial charge in [-0.1, -0.05) is 0 Å². The first-order valence-corrected chi connectivity index (χ1v) is 6.76. The number of aromatic nitrogens is 5. The summed E-state index contributed by atoms with van der Waals surface area (Å²) in [6.45, 7) is 4.77. The maximum atomic E-state index is 5.06. The Kier molecular flexibility index (Phi) is 3.59. The zero-order chi connectivity index (χ0) is 14.8. The van der Waals surface area contributed by atoms with Crippen LogP contribution in [0.5, 0.6) is 12.0 Å². The molecule has 0 radical (unpaired) electrons. The van der Waals surface area contributed by atoms with E-state index in [1.54, 1.807) is 0 Å². The van der Waals surface area contributed by atoms with Crippen LogP contribution in [0.2, 0.25) is 0 Å². The Morgan fingerprint density at radius 2 is 1.81 bits per heavy atom. The number of imidazole rings is 1. The number of hydrogen-bond donors (Lipinski definition) is 0. The second-order valence-corrected chi connectivity index (χ2v) is 5.01. The summed E-state index contributed by atoms with van der Waals surface area (Å²) in [5, 5.41) is 0. The largest absolute Gasteiger partial charge is 0.467 e. The quantitative estimate of drug-likeness (QED) is 0.794. The second kappa shape index (κ2) is 5.55. The van der Waals surface area contributed by atoms with Gasteiger partial charge < -0.3 is 18.9 Å². The van der Waals surface area contributed by atoms with Crippen molar-refractivity contribution in [3.63, 3.8) is 0 Å². The number of nitrogens with zero attached hydrogens (tertiary/aromatic N) is 6. The maximum absolute atomic E-state index is 5.06.